The molecule has 0 aliphatic rings. The summed E-state index contributed by atoms with van der Waals surface area (Å²) in [6.45, 7) is 0.417. The van der Waals surface area contributed by atoms with Gasteiger partial charge >= 0.3 is 0 Å². The second-order valence-corrected chi connectivity index (χ2v) is 6.58. The second-order valence-electron chi connectivity index (χ2n) is 5.80. The third kappa shape index (κ3) is 4.26. The van der Waals surface area contributed by atoms with Gasteiger partial charge in [0.25, 0.3) is 0 Å². The molecule has 0 saturated heterocycles. The van der Waals surface area contributed by atoms with Crippen LogP contribution < -0.4 is 5.32 Å². The van der Waals surface area contributed by atoms with Crippen LogP contribution in [0.2, 0.25) is 0 Å². The van der Waals surface area contributed by atoms with Crippen LogP contribution in [0.3, 0.4) is 0 Å². The number of pyridine rings is 1. The molecule has 0 spiro atoms. The average molecular weight is 380 g/mol. The molecule has 4 aromatic rings. The molecule has 0 saturated carbocycles. The van der Waals surface area contributed by atoms with Crippen molar-refractivity contribution in [1.82, 2.24) is 30.0 Å². The van der Waals surface area contributed by atoms with Crippen LogP contribution in [0.15, 0.2) is 58.4 Å². The van der Waals surface area contributed by atoms with E-state index >= 15 is 0 Å². The molecular weight excluding hydrogens is 364 g/mol. The normalized spacial score (nSPS) is 10.8. The Bertz CT molecular complexity index is 993. The van der Waals surface area contributed by atoms with Gasteiger partial charge in [0.05, 0.1) is 0 Å². The van der Waals surface area contributed by atoms with Crippen molar-refractivity contribution in [3.8, 4) is 17.2 Å². The van der Waals surface area contributed by atoms with E-state index in [0.717, 1.165) is 16.9 Å². The summed E-state index contributed by atoms with van der Waals surface area (Å²) < 4.78 is 7.01. The van der Waals surface area contributed by atoms with Gasteiger partial charge in [-0.2, -0.15) is 16.3 Å². The van der Waals surface area contributed by atoms with Gasteiger partial charge in [-0.3, -0.25) is 9.36 Å². The van der Waals surface area contributed by atoms with Crippen LogP contribution in [0.1, 0.15) is 17.9 Å². The van der Waals surface area contributed by atoms with Crippen LogP contribution >= 0.6 is 11.3 Å². The first-order chi connectivity index (χ1) is 13.3. The SMILES string of the molecule is O=C(CCc1nc(-c2ccsc2)no1)NCc1ccc(-n2ccnc2)nc1. The van der Waals surface area contributed by atoms with Gasteiger partial charge in [0.2, 0.25) is 17.6 Å². The lowest BCUT2D eigenvalue weighted by Gasteiger charge is -2.06. The minimum atomic E-state index is -0.0797. The Morgan fingerprint density at radius 3 is 3.00 bits per heavy atom. The number of aromatic nitrogens is 5. The zero-order valence-corrected chi connectivity index (χ0v) is 15.1. The number of rotatable bonds is 7. The third-order valence-corrected chi connectivity index (χ3v) is 4.56. The highest BCUT2D eigenvalue weighted by Gasteiger charge is 2.11. The molecule has 0 unspecified atom stereocenters. The number of thiophene rings is 1. The van der Waals surface area contributed by atoms with E-state index in [1.54, 1.807) is 30.1 Å². The Balaban J connectivity index is 1.25. The number of carbonyl (C=O) groups excluding carboxylic acids is 1. The number of hydrogen-bond acceptors (Lipinski definition) is 7. The molecule has 1 N–H and O–H groups in total. The zero-order valence-electron chi connectivity index (χ0n) is 14.3. The van der Waals surface area contributed by atoms with Crippen molar-refractivity contribution < 1.29 is 9.32 Å². The van der Waals surface area contributed by atoms with Crippen LogP contribution in [0, 0.1) is 0 Å². The molecule has 0 aromatic carbocycles. The number of aryl methyl sites for hydroxylation is 1. The minimum Gasteiger partial charge on any atom is -0.352 e. The maximum absolute atomic E-state index is 12.0. The molecule has 4 heterocycles. The Kier molecular flexibility index (Phi) is 5.01. The number of imidazole rings is 1. The maximum atomic E-state index is 12.0. The summed E-state index contributed by atoms with van der Waals surface area (Å²) in [5.74, 6) is 1.71. The summed E-state index contributed by atoms with van der Waals surface area (Å²) in [6, 6.07) is 5.74. The topological polar surface area (TPSA) is 98.7 Å². The molecule has 0 aliphatic carbocycles. The van der Waals surface area contributed by atoms with Crippen molar-refractivity contribution in [2.75, 3.05) is 0 Å². The molecule has 0 fully saturated rings. The summed E-state index contributed by atoms with van der Waals surface area (Å²) in [6.07, 6.45) is 7.63. The lowest BCUT2D eigenvalue weighted by molar-refractivity contribution is -0.121. The summed E-state index contributed by atoms with van der Waals surface area (Å²) in [5, 5.41) is 10.7. The highest BCUT2D eigenvalue weighted by atomic mass is 32.1. The molecule has 4 aromatic heterocycles. The minimum absolute atomic E-state index is 0.0797. The van der Waals surface area contributed by atoms with E-state index in [9.17, 15) is 4.79 Å². The quantitative estimate of drug-likeness (QED) is 0.529. The highest BCUT2D eigenvalue weighted by Crippen LogP contribution is 2.19. The van der Waals surface area contributed by atoms with Crippen LogP contribution in [-0.2, 0) is 17.8 Å². The molecule has 0 atom stereocenters. The summed E-state index contributed by atoms with van der Waals surface area (Å²) in [5.41, 5.74) is 1.84. The predicted molar refractivity (Wildman–Crippen MR) is 99.1 cm³/mol. The van der Waals surface area contributed by atoms with Gasteiger partial charge in [0.1, 0.15) is 12.1 Å². The molecule has 27 heavy (non-hydrogen) atoms. The number of hydrogen-bond donors (Lipinski definition) is 1. The Hall–Kier alpha value is -3.33. The Morgan fingerprint density at radius 2 is 2.26 bits per heavy atom. The van der Waals surface area contributed by atoms with E-state index in [0.29, 0.717) is 24.7 Å². The van der Waals surface area contributed by atoms with Crippen LogP contribution in [0.5, 0.6) is 0 Å². The van der Waals surface area contributed by atoms with Gasteiger partial charge in [-0.1, -0.05) is 11.2 Å². The molecule has 1 amide bonds. The van der Waals surface area contributed by atoms with Crippen LogP contribution in [0.4, 0.5) is 0 Å². The fourth-order valence-corrected chi connectivity index (χ4v) is 3.08. The monoisotopic (exact) mass is 380 g/mol. The number of nitrogens with zero attached hydrogens (tertiary/aromatic N) is 5. The molecule has 136 valence electrons. The van der Waals surface area contributed by atoms with Crippen molar-refractivity contribution in [3.63, 3.8) is 0 Å². The number of amides is 1. The van der Waals surface area contributed by atoms with Crippen molar-refractivity contribution in [3.05, 3.63) is 65.3 Å². The molecule has 0 radical (unpaired) electrons. The van der Waals surface area contributed by atoms with E-state index in [2.05, 4.69) is 25.4 Å². The highest BCUT2D eigenvalue weighted by molar-refractivity contribution is 7.08. The van der Waals surface area contributed by atoms with Crippen LogP contribution in [-0.4, -0.2) is 30.6 Å². The summed E-state index contributed by atoms with van der Waals surface area (Å²) in [4.78, 5) is 24.7. The lowest BCUT2D eigenvalue weighted by Crippen LogP contribution is -2.23. The van der Waals surface area contributed by atoms with Gasteiger partial charge in [-0.25, -0.2) is 9.97 Å². The van der Waals surface area contributed by atoms with Crippen LogP contribution in [0.25, 0.3) is 17.2 Å². The largest absolute Gasteiger partial charge is 0.352 e. The van der Waals surface area contributed by atoms with E-state index in [1.165, 1.54) is 0 Å². The smallest absolute Gasteiger partial charge is 0.227 e. The van der Waals surface area contributed by atoms with Gasteiger partial charge in [0, 0.05) is 48.9 Å². The average Bonchev–Trinajstić information content (AvgIpc) is 3.47. The molecule has 4 rings (SSSR count). The maximum Gasteiger partial charge on any atom is 0.227 e. The van der Waals surface area contributed by atoms with Gasteiger partial charge in [-0.15, -0.1) is 0 Å². The first kappa shape index (κ1) is 17.1. The first-order valence-electron chi connectivity index (χ1n) is 8.33. The van der Waals surface area contributed by atoms with Crippen molar-refractivity contribution in [2.45, 2.75) is 19.4 Å². The summed E-state index contributed by atoms with van der Waals surface area (Å²) in [7, 11) is 0. The van der Waals surface area contributed by atoms with Crippen molar-refractivity contribution >= 4 is 17.2 Å². The fourth-order valence-electron chi connectivity index (χ4n) is 2.44. The molecule has 0 bridgehead atoms. The predicted octanol–water partition coefficient (Wildman–Crippen LogP) is 2.63. The fraction of sp³-hybridized carbons (Fsp3) is 0.167. The first-order valence-corrected chi connectivity index (χ1v) is 9.27. The van der Waals surface area contributed by atoms with Gasteiger partial charge in [0.15, 0.2) is 0 Å². The Morgan fingerprint density at radius 1 is 1.30 bits per heavy atom. The third-order valence-electron chi connectivity index (χ3n) is 3.88. The van der Waals surface area contributed by atoms with E-state index in [1.807, 2.05) is 39.7 Å². The van der Waals surface area contributed by atoms with Gasteiger partial charge in [-0.05, 0) is 23.1 Å². The standard InChI is InChI=1S/C18H16N6O2S/c25-16(3-4-17-22-18(23-26-17)14-5-8-27-11-14)21-10-13-1-2-15(20-9-13)24-7-6-19-12-24/h1-2,5-9,11-12H,3-4,10H2,(H,21,25). The van der Waals surface area contributed by atoms with Gasteiger partial charge < -0.3 is 9.84 Å². The summed E-state index contributed by atoms with van der Waals surface area (Å²) >= 11 is 1.57. The second kappa shape index (κ2) is 7.92. The molecule has 0 aliphatic heterocycles. The lowest BCUT2D eigenvalue weighted by atomic mass is 10.2. The van der Waals surface area contributed by atoms with Crippen molar-refractivity contribution in [1.29, 1.82) is 0 Å². The molecule has 9 heteroatoms. The van der Waals surface area contributed by atoms with Crippen molar-refractivity contribution in [2.24, 2.45) is 0 Å². The zero-order chi connectivity index (χ0) is 18.5. The molecular formula is C18H16N6O2S. The van der Waals surface area contributed by atoms with E-state index in [4.69, 9.17) is 4.52 Å². The van der Waals surface area contributed by atoms with E-state index < -0.39 is 0 Å². The number of nitrogens with one attached hydrogen (secondary N) is 1. The van der Waals surface area contributed by atoms with E-state index in [-0.39, 0.29) is 12.3 Å². The number of carbonyl (C=O) groups is 1. The molecule has 8 nitrogen and oxygen atoms in total. The Labute approximate surface area is 158 Å².